The Hall–Kier alpha value is -2.63. The van der Waals surface area contributed by atoms with Crippen LogP contribution in [0.5, 0.6) is 0 Å². The van der Waals surface area contributed by atoms with E-state index in [9.17, 15) is 9.90 Å². The van der Waals surface area contributed by atoms with Gasteiger partial charge in [0.05, 0.1) is 22.5 Å². The van der Waals surface area contributed by atoms with Gasteiger partial charge in [-0.1, -0.05) is 0 Å². The molecule has 0 atom stereocenters. The van der Waals surface area contributed by atoms with Crippen molar-refractivity contribution in [1.82, 2.24) is 19.4 Å². The van der Waals surface area contributed by atoms with Crippen molar-refractivity contribution in [3.05, 3.63) is 41.7 Å². The maximum absolute atomic E-state index is 11.4. The number of carboxylic acids is 1. The fourth-order valence-corrected chi connectivity index (χ4v) is 2.39. The summed E-state index contributed by atoms with van der Waals surface area (Å²) < 4.78 is 3.35. The van der Waals surface area contributed by atoms with Gasteiger partial charge in [-0.15, -0.1) is 0 Å². The molecule has 96 valence electrons. The molecule has 0 spiro atoms. The smallest absolute Gasteiger partial charge is 0.338 e. The lowest BCUT2D eigenvalue weighted by Crippen LogP contribution is -1.99. The van der Waals surface area contributed by atoms with E-state index in [1.165, 1.54) is 0 Å². The molecule has 3 rings (SSSR count). The SMILES string of the molecule is Cc1c(C(=O)O)c2cccnn2c1-c1ccnn1C. The van der Waals surface area contributed by atoms with E-state index in [0.29, 0.717) is 11.1 Å². The minimum absolute atomic E-state index is 0.282. The first-order valence-corrected chi connectivity index (χ1v) is 5.79. The number of nitrogens with zero attached hydrogens (tertiary/aromatic N) is 4. The second-order valence-electron chi connectivity index (χ2n) is 4.31. The molecule has 0 bridgehead atoms. The summed E-state index contributed by atoms with van der Waals surface area (Å²) in [6, 6.07) is 5.33. The van der Waals surface area contributed by atoms with Gasteiger partial charge < -0.3 is 5.11 Å². The summed E-state index contributed by atoms with van der Waals surface area (Å²) >= 11 is 0. The normalized spacial score (nSPS) is 11.1. The number of aromatic carboxylic acids is 1. The molecule has 1 N–H and O–H groups in total. The van der Waals surface area contributed by atoms with Crippen LogP contribution in [0.1, 0.15) is 15.9 Å². The summed E-state index contributed by atoms with van der Waals surface area (Å²) in [5.74, 6) is -0.948. The van der Waals surface area contributed by atoms with Crippen LogP contribution < -0.4 is 0 Å². The highest BCUT2D eigenvalue weighted by atomic mass is 16.4. The first-order valence-electron chi connectivity index (χ1n) is 5.79. The maximum Gasteiger partial charge on any atom is 0.338 e. The predicted molar refractivity (Wildman–Crippen MR) is 69.1 cm³/mol. The standard InChI is InChI=1S/C13H12N4O2/c1-8-11(13(18)19)9-4-3-6-15-17(9)12(8)10-5-7-14-16(10)2/h3-7H,1-2H3,(H,18,19). The van der Waals surface area contributed by atoms with Gasteiger partial charge in [0.1, 0.15) is 0 Å². The quantitative estimate of drug-likeness (QED) is 0.758. The summed E-state index contributed by atoms with van der Waals surface area (Å²) in [5, 5.41) is 17.8. The van der Waals surface area contributed by atoms with E-state index in [2.05, 4.69) is 10.2 Å². The second kappa shape index (κ2) is 3.94. The summed E-state index contributed by atoms with van der Waals surface area (Å²) in [5.41, 5.74) is 3.15. The number of hydrogen-bond acceptors (Lipinski definition) is 3. The van der Waals surface area contributed by atoms with Crippen LogP contribution in [0.2, 0.25) is 0 Å². The number of carbonyl (C=O) groups is 1. The molecule has 0 radical (unpaired) electrons. The van der Waals surface area contributed by atoms with Crippen LogP contribution in [0, 0.1) is 6.92 Å². The highest BCUT2D eigenvalue weighted by molar-refractivity contribution is 6.00. The van der Waals surface area contributed by atoms with Crippen molar-refractivity contribution in [3.8, 4) is 11.4 Å². The van der Waals surface area contributed by atoms with Crippen molar-refractivity contribution >= 4 is 11.5 Å². The van der Waals surface area contributed by atoms with Gasteiger partial charge in [0, 0.05) is 19.4 Å². The highest BCUT2D eigenvalue weighted by Crippen LogP contribution is 2.30. The molecular weight excluding hydrogens is 244 g/mol. The molecule has 0 aliphatic carbocycles. The Bertz CT molecular complexity index is 785. The Morgan fingerprint density at radius 3 is 2.68 bits per heavy atom. The zero-order chi connectivity index (χ0) is 13.6. The van der Waals surface area contributed by atoms with Crippen LogP contribution in [-0.2, 0) is 7.05 Å². The highest BCUT2D eigenvalue weighted by Gasteiger charge is 2.22. The Morgan fingerprint density at radius 2 is 2.05 bits per heavy atom. The monoisotopic (exact) mass is 256 g/mol. The minimum atomic E-state index is -0.948. The van der Waals surface area contributed by atoms with Crippen molar-refractivity contribution in [1.29, 1.82) is 0 Å². The molecule has 0 saturated carbocycles. The fraction of sp³-hybridized carbons (Fsp3) is 0.154. The van der Waals surface area contributed by atoms with Gasteiger partial charge in [-0.25, -0.2) is 9.31 Å². The number of carboxylic acid groups (broad SMARTS) is 1. The lowest BCUT2D eigenvalue weighted by molar-refractivity contribution is 0.0698. The predicted octanol–water partition coefficient (Wildman–Crippen LogP) is 1.74. The molecule has 3 aromatic heterocycles. The van der Waals surface area contributed by atoms with E-state index in [-0.39, 0.29) is 5.56 Å². The number of hydrogen-bond donors (Lipinski definition) is 1. The number of aryl methyl sites for hydroxylation is 1. The lowest BCUT2D eigenvalue weighted by atomic mass is 10.1. The first-order chi connectivity index (χ1) is 9.11. The Morgan fingerprint density at radius 1 is 1.26 bits per heavy atom. The number of fused-ring (bicyclic) bond motifs is 1. The molecule has 0 amide bonds. The van der Waals surface area contributed by atoms with E-state index >= 15 is 0 Å². The zero-order valence-corrected chi connectivity index (χ0v) is 10.5. The molecule has 3 aromatic rings. The Labute approximate surface area is 108 Å². The van der Waals surface area contributed by atoms with Gasteiger partial charge in [-0.05, 0) is 30.7 Å². The number of aromatic nitrogens is 4. The molecule has 0 unspecified atom stereocenters. The van der Waals surface area contributed by atoms with E-state index in [1.54, 1.807) is 40.6 Å². The molecule has 0 saturated heterocycles. The summed E-state index contributed by atoms with van der Waals surface area (Å²) in [4.78, 5) is 11.4. The van der Waals surface area contributed by atoms with E-state index in [1.807, 2.05) is 13.1 Å². The van der Waals surface area contributed by atoms with Crippen LogP contribution >= 0.6 is 0 Å². The van der Waals surface area contributed by atoms with Crippen molar-refractivity contribution in [2.24, 2.45) is 7.05 Å². The lowest BCUT2D eigenvalue weighted by Gasteiger charge is -2.03. The molecule has 19 heavy (non-hydrogen) atoms. The van der Waals surface area contributed by atoms with Gasteiger partial charge in [-0.2, -0.15) is 10.2 Å². The third-order valence-electron chi connectivity index (χ3n) is 3.23. The average molecular weight is 256 g/mol. The Kier molecular flexibility index (Phi) is 2.38. The van der Waals surface area contributed by atoms with Crippen LogP contribution in [0.15, 0.2) is 30.6 Å². The maximum atomic E-state index is 11.4. The topological polar surface area (TPSA) is 72.4 Å². The van der Waals surface area contributed by atoms with Crippen LogP contribution in [0.25, 0.3) is 16.9 Å². The van der Waals surface area contributed by atoms with Crippen molar-refractivity contribution < 1.29 is 9.90 Å². The second-order valence-corrected chi connectivity index (χ2v) is 4.31. The van der Waals surface area contributed by atoms with Crippen molar-refractivity contribution in [3.63, 3.8) is 0 Å². The van der Waals surface area contributed by atoms with Crippen molar-refractivity contribution in [2.45, 2.75) is 6.92 Å². The molecule has 6 nitrogen and oxygen atoms in total. The van der Waals surface area contributed by atoms with Crippen LogP contribution in [0.4, 0.5) is 0 Å². The minimum Gasteiger partial charge on any atom is -0.478 e. The number of rotatable bonds is 2. The van der Waals surface area contributed by atoms with Gasteiger partial charge in [0.2, 0.25) is 0 Å². The molecule has 3 heterocycles. The third kappa shape index (κ3) is 1.53. The van der Waals surface area contributed by atoms with E-state index in [0.717, 1.165) is 11.4 Å². The largest absolute Gasteiger partial charge is 0.478 e. The first kappa shape index (κ1) is 11.5. The molecule has 0 aliphatic heterocycles. The van der Waals surface area contributed by atoms with Crippen LogP contribution in [0.3, 0.4) is 0 Å². The average Bonchev–Trinajstić information content (AvgIpc) is 2.89. The fourth-order valence-electron chi connectivity index (χ4n) is 2.39. The van der Waals surface area contributed by atoms with Gasteiger partial charge in [-0.3, -0.25) is 4.68 Å². The van der Waals surface area contributed by atoms with Gasteiger partial charge in [0.25, 0.3) is 0 Å². The Balaban J connectivity index is 2.46. The molecule has 0 aliphatic rings. The van der Waals surface area contributed by atoms with Gasteiger partial charge >= 0.3 is 5.97 Å². The van der Waals surface area contributed by atoms with Crippen molar-refractivity contribution in [2.75, 3.05) is 0 Å². The molecular formula is C13H12N4O2. The zero-order valence-electron chi connectivity index (χ0n) is 10.5. The van der Waals surface area contributed by atoms with E-state index < -0.39 is 5.97 Å². The molecule has 0 aromatic carbocycles. The molecule has 0 fully saturated rings. The summed E-state index contributed by atoms with van der Waals surface area (Å²) in [7, 11) is 1.82. The third-order valence-corrected chi connectivity index (χ3v) is 3.23. The molecule has 6 heteroatoms. The summed E-state index contributed by atoms with van der Waals surface area (Å²) in [6.07, 6.45) is 3.31. The van der Waals surface area contributed by atoms with Gasteiger partial charge in [0.15, 0.2) is 0 Å². The van der Waals surface area contributed by atoms with E-state index in [4.69, 9.17) is 0 Å². The summed E-state index contributed by atoms with van der Waals surface area (Å²) in [6.45, 7) is 1.79. The van der Waals surface area contributed by atoms with Crippen LogP contribution in [-0.4, -0.2) is 30.5 Å².